The van der Waals surface area contributed by atoms with E-state index in [1.807, 2.05) is 0 Å². The predicted octanol–water partition coefficient (Wildman–Crippen LogP) is 4.12. The van der Waals surface area contributed by atoms with E-state index in [1.54, 1.807) is 0 Å². The van der Waals surface area contributed by atoms with Crippen molar-refractivity contribution < 1.29 is 0 Å². The molecule has 2 N–H and O–H groups in total. The lowest BCUT2D eigenvalue weighted by atomic mass is 9.91. The molecule has 1 aliphatic rings. The first kappa shape index (κ1) is 13.0. The summed E-state index contributed by atoms with van der Waals surface area (Å²) in [7, 11) is 0. The number of hydrogen-bond acceptors (Lipinski definition) is 2. The molecule has 1 aromatic rings. The van der Waals surface area contributed by atoms with E-state index in [9.17, 15) is 0 Å². The third-order valence-electron chi connectivity index (χ3n) is 3.69. The summed E-state index contributed by atoms with van der Waals surface area (Å²) in [5.74, 6) is 0.895. The maximum Gasteiger partial charge on any atom is 0.0189 e. The smallest absolute Gasteiger partial charge is 0.0189 e. The summed E-state index contributed by atoms with van der Waals surface area (Å²) >= 11 is 2.07. The fraction of sp³-hybridized carbons (Fsp3) is 0.600. The van der Waals surface area contributed by atoms with Gasteiger partial charge in [0.1, 0.15) is 0 Å². The monoisotopic (exact) mass is 249 g/mol. The van der Waals surface area contributed by atoms with Crippen molar-refractivity contribution in [2.45, 2.75) is 56.2 Å². The summed E-state index contributed by atoms with van der Waals surface area (Å²) in [5, 5.41) is 0.796. The van der Waals surface area contributed by atoms with Crippen LogP contribution in [-0.2, 0) is 6.54 Å². The van der Waals surface area contributed by atoms with Crippen molar-refractivity contribution in [1.29, 1.82) is 0 Å². The SMILES string of the molecule is Cc1cccc(CN)c1SC1CCCC(C)C1. The molecule has 1 nitrogen and oxygen atoms in total. The van der Waals surface area contributed by atoms with Gasteiger partial charge in [-0.1, -0.05) is 38.0 Å². The minimum absolute atomic E-state index is 0.659. The van der Waals surface area contributed by atoms with Crippen LogP contribution in [0.4, 0.5) is 0 Å². The number of benzene rings is 1. The molecule has 2 unspecified atom stereocenters. The van der Waals surface area contributed by atoms with Crippen LogP contribution in [0.2, 0.25) is 0 Å². The molecule has 2 heteroatoms. The van der Waals surface area contributed by atoms with Crippen LogP contribution in [0.15, 0.2) is 23.1 Å². The van der Waals surface area contributed by atoms with E-state index < -0.39 is 0 Å². The zero-order valence-electron chi connectivity index (χ0n) is 10.9. The molecule has 1 aromatic carbocycles. The number of nitrogens with two attached hydrogens (primary N) is 1. The van der Waals surface area contributed by atoms with Gasteiger partial charge in [-0.05, 0) is 36.8 Å². The molecule has 2 atom stereocenters. The highest BCUT2D eigenvalue weighted by Gasteiger charge is 2.21. The van der Waals surface area contributed by atoms with Crippen LogP contribution in [0.1, 0.15) is 43.7 Å². The first-order valence-electron chi connectivity index (χ1n) is 6.66. The highest BCUT2D eigenvalue weighted by molar-refractivity contribution is 8.00. The van der Waals surface area contributed by atoms with Crippen molar-refractivity contribution in [3.05, 3.63) is 29.3 Å². The van der Waals surface area contributed by atoms with E-state index in [4.69, 9.17) is 5.73 Å². The molecule has 2 rings (SSSR count). The summed E-state index contributed by atoms with van der Waals surface area (Å²) < 4.78 is 0. The summed E-state index contributed by atoms with van der Waals surface area (Å²) in [4.78, 5) is 1.44. The molecule has 0 amide bonds. The second-order valence-electron chi connectivity index (χ2n) is 5.28. The van der Waals surface area contributed by atoms with Crippen LogP contribution in [0, 0.1) is 12.8 Å². The molecule has 0 bridgehead atoms. The summed E-state index contributed by atoms with van der Waals surface area (Å²) in [6.45, 7) is 5.24. The molecule has 17 heavy (non-hydrogen) atoms. The van der Waals surface area contributed by atoms with Gasteiger partial charge in [-0.3, -0.25) is 0 Å². The predicted molar refractivity (Wildman–Crippen MR) is 76.3 cm³/mol. The Balaban J connectivity index is 2.12. The molecular weight excluding hydrogens is 226 g/mol. The summed E-state index contributed by atoms with van der Waals surface area (Å²) in [5.41, 5.74) is 8.54. The van der Waals surface area contributed by atoms with Crippen LogP contribution in [0.5, 0.6) is 0 Å². The van der Waals surface area contributed by atoms with Crippen molar-refractivity contribution in [3.63, 3.8) is 0 Å². The van der Waals surface area contributed by atoms with Gasteiger partial charge in [-0.15, -0.1) is 11.8 Å². The van der Waals surface area contributed by atoms with E-state index >= 15 is 0 Å². The second-order valence-corrected chi connectivity index (χ2v) is 6.59. The van der Waals surface area contributed by atoms with Gasteiger partial charge in [0.2, 0.25) is 0 Å². The molecule has 0 saturated heterocycles. The number of thioether (sulfide) groups is 1. The van der Waals surface area contributed by atoms with Gasteiger partial charge in [0.25, 0.3) is 0 Å². The maximum atomic E-state index is 5.84. The lowest BCUT2D eigenvalue weighted by molar-refractivity contribution is 0.394. The van der Waals surface area contributed by atoms with Gasteiger partial charge in [0.05, 0.1) is 0 Å². The van der Waals surface area contributed by atoms with Crippen molar-refractivity contribution in [3.8, 4) is 0 Å². The zero-order chi connectivity index (χ0) is 12.3. The maximum absolute atomic E-state index is 5.84. The van der Waals surface area contributed by atoms with E-state index in [1.165, 1.54) is 41.7 Å². The van der Waals surface area contributed by atoms with Gasteiger partial charge in [-0.25, -0.2) is 0 Å². The normalized spacial score (nSPS) is 24.9. The largest absolute Gasteiger partial charge is 0.326 e. The second kappa shape index (κ2) is 5.92. The highest BCUT2D eigenvalue weighted by atomic mass is 32.2. The van der Waals surface area contributed by atoms with E-state index in [0.717, 1.165) is 11.2 Å². The Morgan fingerprint density at radius 3 is 2.88 bits per heavy atom. The van der Waals surface area contributed by atoms with Crippen LogP contribution >= 0.6 is 11.8 Å². The highest BCUT2D eigenvalue weighted by Crippen LogP contribution is 2.38. The number of aryl methyl sites for hydroxylation is 1. The van der Waals surface area contributed by atoms with E-state index in [-0.39, 0.29) is 0 Å². The van der Waals surface area contributed by atoms with Crippen molar-refractivity contribution in [2.75, 3.05) is 0 Å². The Labute approximate surface area is 109 Å². The van der Waals surface area contributed by atoms with Gasteiger partial charge >= 0.3 is 0 Å². The fourth-order valence-corrected chi connectivity index (χ4v) is 4.29. The third-order valence-corrected chi connectivity index (χ3v) is 5.27. The van der Waals surface area contributed by atoms with Gasteiger partial charge in [-0.2, -0.15) is 0 Å². The first-order chi connectivity index (χ1) is 8.20. The Morgan fingerprint density at radius 1 is 1.35 bits per heavy atom. The quantitative estimate of drug-likeness (QED) is 0.872. The average Bonchev–Trinajstić information content (AvgIpc) is 2.32. The number of rotatable bonds is 3. The van der Waals surface area contributed by atoms with Gasteiger partial charge < -0.3 is 5.73 Å². The summed E-state index contributed by atoms with van der Waals surface area (Å²) in [6, 6.07) is 6.49. The minimum Gasteiger partial charge on any atom is -0.326 e. The fourth-order valence-electron chi connectivity index (χ4n) is 2.69. The van der Waals surface area contributed by atoms with E-state index in [2.05, 4.69) is 43.8 Å². The molecular formula is C15H23NS. The minimum atomic E-state index is 0.659. The van der Waals surface area contributed by atoms with Gasteiger partial charge in [0.15, 0.2) is 0 Å². The van der Waals surface area contributed by atoms with Crippen molar-refractivity contribution in [1.82, 2.24) is 0 Å². The first-order valence-corrected chi connectivity index (χ1v) is 7.54. The average molecular weight is 249 g/mol. The van der Waals surface area contributed by atoms with Crippen LogP contribution in [0.3, 0.4) is 0 Å². The van der Waals surface area contributed by atoms with E-state index in [0.29, 0.717) is 6.54 Å². The molecule has 1 aliphatic carbocycles. The summed E-state index contributed by atoms with van der Waals surface area (Å²) in [6.07, 6.45) is 5.54. The molecule has 0 aromatic heterocycles. The van der Waals surface area contributed by atoms with Crippen LogP contribution in [-0.4, -0.2) is 5.25 Å². The molecule has 0 heterocycles. The molecule has 94 valence electrons. The molecule has 0 aliphatic heterocycles. The Kier molecular flexibility index (Phi) is 4.52. The van der Waals surface area contributed by atoms with Crippen molar-refractivity contribution in [2.24, 2.45) is 11.7 Å². The zero-order valence-corrected chi connectivity index (χ0v) is 11.7. The third kappa shape index (κ3) is 3.26. The Hall–Kier alpha value is -0.470. The lowest BCUT2D eigenvalue weighted by Gasteiger charge is -2.27. The Bertz CT molecular complexity index is 375. The molecule has 1 fully saturated rings. The molecule has 0 spiro atoms. The standard InChI is InChI=1S/C15H23NS/c1-11-5-3-8-14(9-11)17-15-12(2)6-4-7-13(15)10-16/h4,6-7,11,14H,3,5,8-10,16H2,1-2H3. The molecule has 1 saturated carbocycles. The van der Waals surface area contributed by atoms with Crippen LogP contribution in [0.25, 0.3) is 0 Å². The topological polar surface area (TPSA) is 26.0 Å². The van der Waals surface area contributed by atoms with Crippen molar-refractivity contribution >= 4 is 11.8 Å². The number of hydrogen-bond donors (Lipinski definition) is 1. The lowest BCUT2D eigenvalue weighted by Crippen LogP contribution is -2.15. The van der Waals surface area contributed by atoms with Gasteiger partial charge in [0, 0.05) is 16.7 Å². The molecule has 0 radical (unpaired) electrons. The van der Waals surface area contributed by atoms with Crippen LogP contribution < -0.4 is 5.73 Å². The Morgan fingerprint density at radius 2 is 2.18 bits per heavy atom.